The molecule has 1 amide bonds. The van der Waals surface area contributed by atoms with Crippen LogP contribution in [0.3, 0.4) is 0 Å². The lowest BCUT2D eigenvalue weighted by Crippen LogP contribution is -2.63. The van der Waals surface area contributed by atoms with Gasteiger partial charge in [0.25, 0.3) is 0 Å². The Balaban J connectivity index is 3.48. The summed E-state index contributed by atoms with van der Waals surface area (Å²) in [6.07, 6.45) is -2.46. The van der Waals surface area contributed by atoms with Gasteiger partial charge in [0.05, 0.1) is 19.2 Å². The molecular formula is C19H28N2O10. The molecule has 0 bridgehead atoms. The molecule has 0 saturated carbocycles. The Hall–Kier alpha value is -3.15. The van der Waals surface area contributed by atoms with Crippen molar-refractivity contribution in [1.29, 1.82) is 0 Å². The van der Waals surface area contributed by atoms with Gasteiger partial charge in [0, 0.05) is 27.7 Å². The number of ether oxygens (including phenoxy) is 5. The van der Waals surface area contributed by atoms with Gasteiger partial charge in [-0.3, -0.25) is 19.2 Å². The summed E-state index contributed by atoms with van der Waals surface area (Å²) in [5.74, 6) is -3.61. The molecule has 5 unspecified atom stereocenters. The molecule has 31 heavy (non-hydrogen) atoms. The van der Waals surface area contributed by atoms with Crippen molar-refractivity contribution < 1.29 is 47.7 Å². The van der Waals surface area contributed by atoms with Gasteiger partial charge in [-0.05, 0) is 13.1 Å². The van der Waals surface area contributed by atoms with Gasteiger partial charge in [0.2, 0.25) is 11.7 Å². The van der Waals surface area contributed by atoms with E-state index in [1.807, 2.05) is 0 Å². The zero-order valence-electron chi connectivity index (χ0n) is 18.3. The maximum Gasteiger partial charge on any atom is 0.373 e. The monoisotopic (exact) mass is 444 g/mol. The molecule has 1 rings (SSSR count). The minimum Gasteiger partial charge on any atom is -0.477 e. The molecule has 12 heteroatoms. The highest BCUT2D eigenvalue weighted by Crippen LogP contribution is 2.26. The van der Waals surface area contributed by atoms with Crippen LogP contribution in [-0.4, -0.2) is 80.9 Å². The normalized spacial score (nSPS) is 22.0. The smallest absolute Gasteiger partial charge is 0.373 e. The Bertz CT molecular complexity index is 735. The average molecular weight is 444 g/mol. The van der Waals surface area contributed by atoms with Crippen molar-refractivity contribution in [3.05, 3.63) is 11.8 Å². The Morgan fingerprint density at radius 3 is 2.10 bits per heavy atom. The quantitative estimate of drug-likeness (QED) is 0.331. The molecule has 0 saturated heterocycles. The number of carbonyl (C=O) groups is 5. The molecule has 0 aromatic rings. The third kappa shape index (κ3) is 7.89. The van der Waals surface area contributed by atoms with Crippen LogP contribution in [0.5, 0.6) is 0 Å². The second-order valence-electron chi connectivity index (χ2n) is 6.67. The molecule has 174 valence electrons. The number of rotatable bonds is 9. The predicted molar refractivity (Wildman–Crippen MR) is 103 cm³/mol. The first kappa shape index (κ1) is 25.9. The minimum atomic E-state index is -1.36. The van der Waals surface area contributed by atoms with Crippen LogP contribution < -0.4 is 10.6 Å². The SMILES string of the molecule is CNC1C=C(C(=O)OC)OC(C(OC(C)=O)C(COC(C)=O)OC(C)=O)C1NC(C)=O. The predicted octanol–water partition coefficient (Wildman–Crippen LogP) is -1.04. The van der Waals surface area contributed by atoms with Crippen molar-refractivity contribution in [2.24, 2.45) is 0 Å². The first-order valence-corrected chi connectivity index (χ1v) is 9.39. The highest BCUT2D eigenvalue weighted by atomic mass is 16.6. The van der Waals surface area contributed by atoms with E-state index in [0.717, 1.165) is 27.9 Å². The molecule has 5 atom stereocenters. The summed E-state index contributed by atoms with van der Waals surface area (Å²) in [6.45, 7) is 4.20. The van der Waals surface area contributed by atoms with Gasteiger partial charge in [-0.25, -0.2) is 4.79 Å². The minimum absolute atomic E-state index is 0.209. The van der Waals surface area contributed by atoms with Crippen molar-refractivity contribution >= 4 is 29.8 Å². The molecular weight excluding hydrogens is 416 g/mol. The van der Waals surface area contributed by atoms with Crippen LogP contribution in [0.15, 0.2) is 11.8 Å². The van der Waals surface area contributed by atoms with Crippen LogP contribution in [0.1, 0.15) is 27.7 Å². The van der Waals surface area contributed by atoms with Crippen molar-refractivity contribution in [2.45, 2.75) is 58.1 Å². The van der Waals surface area contributed by atoms with Crippen LogP contribution in [0, 0.1) is 0 Å². The number of hydrogen-bond donors (Lipinski definition) is 2. The number of methoxy groups -OCH3 is 1. The topological polar surface area (TPSA) is 156 Å². The average Bonchev–Trinajstić information content (AvgIpc) is 2.68. The number of esters is 4. The first-order valence-electron chi connectivity index (χ1n) is 9.39. The van der Waals surface area contributed by atoms with Gasteiger partial charge in [0.15, 0.2) is 18.3 Å². The fourth-order valence-corrected chi connectivity index (χ4v) is 3.04. The van der Waals surface area contributed by atoms with Gasteiger partial charge in [-0.2, -0.15) is 0 Å². The molecule has 2 N–H and O–H groups in total. The molecule has 0 fully saturated rings. The molecule has 0 spiro atoms. The zero-order chi connectivity index (χ0) is 23.7. The van der Waals surface area contributed by atoms with Crippen LogP contribution >= 0.6 is 0 Å². The molecule has 0 aromatic heterocycles. The molecule has 0 aromatic carbocycles. The van der Waals surface area contributed by atoms with E-state index in [0.29, 0.717) is 0 Å². The fraction of sp³-hybridized carbons (Fsp3) is 0.632. The Morgan fingerprint density at radius 2 is 1.65 bits per heavy atom. The summed E-state index contributed by atoms with van der Waals surface area (Å²) in [5, 5.41) is 5.60. The second kappa shape index (κ2) is 11.9. The summed E-state index contributed by atoms with van der Waals surface area (Å²) in [5.41, 5.74) is 0. The van der Waals surface area contributed by atoms with E-state index in [1.165, 1.54) is 13.0 Å². The van der Waals surface area contributed by atoms with Gasteiger partial charge < -0.3 is 34.3 Å². The lowest BCUT2D eigenvalue weighted by molar-refractivity contribution is -0.188. The third-order valence-electron chi connectivity index (χ3n) is 4.19. The highest BCUT2D eigenvalue weighted by Gasteiger charge is 2.47. The van der Waals surface area contributed by atoms with E-state index in [2.05, 4.69) is 10.6 Å². The van der Waals surface area contributed by atoms with Crippen molar-refractivity contribution in [2.75, 3.05) is 20.8 Å². The number of carbonyl (C=O) groups excluding carboxylic acids is 5. The van der Waals surface area contributed by atoms with E-state index >= 15 is 0 Å². The molecule has 0 radical (unpaired) electrons. The zero-order valence-corrected chi connectivity index (χ0v) is 18.3. The Kier molecular flexibility index (Phi) is 9.93. The third-order valence-corrected chi connectivity index (χ3v) is 4.19. The van der Waals surface area contributed by atoms with Gasteiger partial charge in [-0.1, -0.05) is 0 Å². The number of likely N-dealkylation sites (N-methyl/N-ethyl adjacent to an activating group) is 1. The van der Waals surface area contributed by atoms with Gasteiger partial charge >= 0.3 is 23.9 Å². The Labute approximate surface area is 179 Å². The van der Waals surface area contributed by atoms with E-state index in [1.54, 1.807) is 7.05 Å². The Morgan fingerprint density at radius 1 is 1.03 bits per heavy atom. The molecule has 12 nitrogen and oxygen atoms in total. The van der Waals surface area contributed by atoms with Crippen LogP contribution in [-0.2, 0) is 47.7 Å². The van der Waals surface area contributed by atoms with E-state index < -0.39 is 66.8 Å². The van der Waals surface area contributed by atoms with E-state index in [9.17, 15) is 24.0 Å². The lowest BCUT2D eigenvalue weighted by atomic mass is 9.91. The summed E-state index contributed by atoms with van der Waals surface area (Å²) in [4.78, 5) is 58.8. The molecule has 1 aliphatic heterocycles. The standard InChI is InChI=1S/C19H28N2O10/c1-9(22)21-16-13(20-5)7-14(19(26)27-6)31-18(16)17(30-12(4)25)15(29-11(3)24)8-28-10(2)23/h7,13,15-18,20H,8H2,1-6H3,(H,21,22). The maximum absolute atomic E-state index is 12.1. The summed E-state index contributed by atoms with van der Waals surface area (Å²) >= 11 is 0. The molecule has 0 aliphatic carbocycles. The first-order chi connectivity index (χ1) is 14.5. The fourth-order valence-electron chi connectivity index (χ4n) is 3.04. The highest BCUT2D eigenvalue weighted by molar-refractivity contribution is 5.86. The van der Waals surface area contributed by atoms with E-state index in [4.69, 9.17) is 23.7 Å². The van der Waals surface area contributed by atoms with Crippen LogP contribution in [0.25, 0.3) is 0 Å². The van der Waals surface area contributed by atoms with Crippen molar-refractivity contribution in [3.8, 4) is 0 Å². The second-order valence-corrected chi connectivity index (χ2v) is 6.67. The summed E-state index contributed by atoms with van der Waals surface area (Å²) in [7, 11) is 2.73. The molecule has 1 aliphatic rings. The van der Waals surface area contributed by atoms with Crippen LogP contribution in [0.4, 0.5) is 0 Å². The largest absolute Gasteiger partial charge is 0.477 e. The summed E-state index contributed by atoms with van der Waals surface area (Å²) < 4.78 is 26.0. The van der Waals surface area contributed by atoms with Crippen molar-refractivity contribution in [3.63, 3.8) is 0 Å². The lowest BCUT2D eigenvalue weighted by Gasteiger charge is -2.41. The summed E-state index contributed by atoms with van der Waals surface area (Å²) in [6, 6.07) is -1.52. The van der Waals surface area contributed by atoms with Gasteiger partial charge in [-0.15, -0.1) is 0 Å². The number of nitrogens with one attached hydrogen (secondary N) is 2. The van der Waals surface area contributed by atoms with Gasteiger partial charge in [0.1, 0.15) is 6.61 Å². The van der Waals surface area contributed by atoms with Crippen molar-refractivity contribution in [1.82, 2.24) is 10.6 Å². The number of amides is 1. The maximum atomic E-state index is 12.1. The van der Waals surface area contributed by atoms with E-state index in [-0.39, 0.29) is 5.76 Å². The number of hydrogen-bond acceptors (Lipinski definition) is 11. The molecule has 1 heterocycles. The van der Waals surface area contributed by atoms with Crippen LogP contribution in [0.2, 0.25) is 0 Å².